The van der Waals surface area contributed by atoms with Gasteiger partial charge in [-0.25, -0.2) is 9.67 Å². The Balaban J connectivity index is 2.11. The number of benzene rings is 1. The fourth-order valence-corrected chi connectivity index (χ4v) is 2.54. The predicted octanol–water partition coefficient (Wildman–Crippen LogP) is 2.74. The van der Waals surface area contributed by atoms with Crippen molar-refractivity contribution in [1.82, 2.24) is 20.1 Å². The van der Waals surface area contributed by atoms with Crippen LogP contribution in [-0.4, -0.2) is 21.3 Å². The highest BCUT2D eigenvalue weighted by molar-refractivity contribution is 6.30. The monoisotopic (exact) mass is 274 g/mol. The smallest absolute Gasteiger partial charge is 0.153 e. The number of halogens is 1. The first-order chi connectivity index (χ1) is 9.15. The lowest BCUT2D eigenvalue weighted by atomic mass is 10.2. The van der Waals surface area contributed by atoms with E-state index in [1.807, 2.05) is 36.7 Å². The van der Waals surface area contributed by atoms with Gasteiger partial charge in [0.05, 0.1) is 11.7 Å². The molecule has 98 valence electrons. The first-order valence-electron chi connectivity index (χ1n) is 6.25. The number of nitrogens with one attached hydrogen (secondary N) is 1. The Morgan fingerprint density at radius 3 is 2.89 bits per heavy atom. The maximum Gasteiger partial charge on any atom is 0.153 e. The molecule has 0 radical (unpaired) electrons. The van der Waals surface area contributed by atoms with Crippen LogP contribution in [0.4, 0.5) is 0 Å². The van der Waals surface area contributed by atoms with Gasteiger partial charge in [0, 0.05) is 11.6 Å². The molecule has 2 aromatic rings. The fraction of sp³-hybridized carbons (Fsp3) is 0.286. The lowest BCUT2D eigenvalue weighted by Gasteiger charge is -2.13. The third-order valence-corrected chi connectivity index (χ3v) is 3.42. The van der Waals surface area contributed by atoms with Gasteiger partial charge in [0.2, 0.25) is 0 Å². The largest absolute Gasteiger partial charge is 0.301 e. The molecule has 2 heterocycles. The van der Waals surface area contributed by atoms with Crippen molar-refractivity contribution in [3.05, 3.63) is 52.6 Å². The Morgan fingerprint density at radius 2 is 2.21 bits per heavy atom. The van der Waals surface area contributed by atoms with Crippen molar-refractivity contribution in [1.29, 1.82) is 0 Å². The van der Waals surface area contributed by atoms with Gasteiger partial charge >= 0.3 is 0 Å². The van der Waals surface area contributed by atoms with Crippen molar-refractivity contribution >= 4 is 11.6 Å². The zero-order valence-electron chi connectivity index (χ0n) is 10.9. The Kier molecular flexibility index (Phi) is 3.12. The number of hydrogen-bond acceptors (Lipinski definition) is 3. The van der Waals surface area contributed by atoms with E-state index in [1.165, 1.54) is 0 Å². The molecule has 0 fully saturated rings. The SMILES string of the molecule is Cc1nc([C@@H]2C=CCN2)n(-c2ccc(Cl)cc2C)n1. The zero-order valence-corrected chi connectivity index (χ0v) is 11.6. The average Bonchev–Trinajstić information content (AvgIpc) is 2.97. The molecular formula is C14H15ClN4. The summed E-state index contributed by atoms with van der Waals surface area (Å²) in [4.78, 5) is 4.54. The third kappa shape index (κ3) is 2.29. The minimum atomic E-state index is 0.122. The van der Waals surface area contributed by atoms with Crippen LogP contribution in [0.2, 0.25) is 5.02 Å². The van der Waals surface area contributed by atoms with E-state index in [9.17, 15) is 0 Å². The maximum atomic E-state index is 6.01. The number of nitrogens with zero attached hydrogens (tertiary/aromatic N) is 3. The Labute approximate surface area is 117 Å². The molecule has 0 spiro atoms. The average molecular weight is 275 g/mol. The Bertz CT molecular complexity index is 645. The molecule has 5 heteroatoms. The van der Waals surface area contributed by atoms with E-state index in [1.54, 1.807) is 0 Å². The van der Waals surface area contributed by atoms with Gasteiger partial charge in [-0.2, -0.15) is 5.10 Å². The molecule has 0 unspecified atom stereocenters. The van der Waals surface area contributed by atoms with E-state index in [2.05, 4.69) is 27.6 Å². The van der Waals surface area contributed by atoms with Crippen LogP contribution in [-0.2, 0) is 0 Å². The summed E-state index contributed by atoms with van der Waals surface area (Å²) in [5.41, 5.74) is 2.10. The maximum absolute atomic E-state index is 6.01. The molecule has 19 heavy (non-hydrogen) atoms. The van der Waals surface area contributed by atoms with Crippen molar-refractivity contribution in [2.45, 2.75) is 19.9 Å². The van der Waals surface area contributed by atoms with Crippen LogP contribution < -0.4 is 5.32 Å². The topological polar surface area (TPSA) is 42.7 Å². The highest BCUT2D eigenvalue weighted by atomic mass is 35.5. The van der Waals surface area contributed by atoms with E-state index in [0.717, 1.165) is 34.5 Å². The van der Waals surface area contributed by atoms with Gasteiger partial charge < -0.3 is 5.32 Å². The molecule has 1 aromatic carbocycles. The molecule has 0 aliphatic carbocycles. The van der Waals surface area contributed by atoms with E-state index in [4.69, 9.17) is 11.6 Å². The number of aryl methyl sites for hydroxylation is 2. The summed E-state index contributed by atoms with van der Waals surface area (Å²) in [6.07, 6.45) is 4.22. The summed E-state index contributed by atoms with van der Waals surface area (Å²) < 4.78 is 1.90. The molecule has 1 aliphatic heterocycles. The summed E-state index contributed by atoms with van der Waals surface area (Å²) in [7, 11) is 0. The molecule has 3 rings (SSSR count). The minimum absolute atomic E-state index is 0.122. The van der Waals surface area contributed by atoms with Crippen LogP contribution in [0.3, 0.4) is 0 Å². The van der Waals surface area contributed by atoms with E-state index >= 15 is 0 Å². The highest BCUT2D eigenvalue weighted by Crippen LogP contribution is 2.23. The van der Waals surface area contributed by atoms with Crippen LogP contribution in [0.1, 0.15) is 23.3 Å². The zero-order chi connectivity index (χ0) is 13.4. The van der Waals surface area contributed by atoms with E-state index in [0.29, 0.717) is 0 Å². The first-order valence-corrected chi connectivity index (χ1v) is 6.63. The lowest BCUT2D eigenvalue weighted by Crippen LogP contribution is -2.19. The summed E-state index contributed by atoms with van der Waals surface area (Å²) in [6.45, 7) is 4.81. The van der Waals surface area contributed by atoms with Gasteiger partial charge in [0.25, 0.3) is 0 Å². The van der Waals surface area contributed by atoms with E-state index < -0.39 is 0 Å². The van der Waals surface area contributed by atoms with Crippen molar-refractivity contribution in [2.24, 2.45) is 0 Å². The summed E-state index contributed by atoms with van der Waals surface area (Å²) in [6, 6.07) is 5.92. The normalized spacial score (nSPS) is 18.2. The highest BCUT2D eigenvalue weighted by Gasteiger charge is 2.20. The van der Waals surface area contributed by atoms with Gasteiger partial charge in [-0.3, -0.25) is 0 Å². The molecule has 0 saturated carbocycles. The van der Waals surface area contributed by atoms with Crippen molar-refractivity contribution in [3.63, 3.8) is 0 Å². The predicted molar refractivity (Wildman–Crippen MR) is 75.7 cm³/mol. The van der Waals surface area contributed by atoms with Gasteiger partial charge in [-0.1, -0.05) is 23.8 Å². The lowest BCUT2D eigenvalue weighted by molar-refractivity contribution is 0.638. The Hall–Kier alpha value is -1.65. The number of rotatable bonds is 2. The molecule has 1 aromatic heterocycles. The van der Waals surface area contributed by atoms with Crippen molar-refractivity contribution < 1.29 is 0 Å². The van der Waals surface area contributed by atoms with Gasteiger partial charge in [-0.05, 0) is 37.6 Å². The molecule has 4 nitrogen and oxygen atoms in total. The van der Waals surface area contributed by atoms with Crippen LogP contribution in [0.15, 0.2) is 30.4 Å². The summed E-state index contributed by atoms with van der Waals surface area (Å²) >= 11 is 6.01. The van der Waals surface area contributed by atoms with Crippen molar-refractivity contribution in [2.75, 3.05) is 6.54 Å². The second-order valence-corrected chi connectivity index (χ2v) is 5.11. The molecule has 0 bridgehead atoms. The second kappa shape index (κ2) is 4.79. The molecule has 0 amide bonds. The van der Waals surface area contributed by atoms with Crippen LogP contribution in [0.5, 0.6) is 0 Å². The van der Waals surface area contributed by atoms with Crippen molar-refractivity contribution in [3.8, 4) is 5.69 Å². The third-order valence-electron chi connectivity index (χ3n) is 3.19. The quantitative estimate of drug-likeness (QED) is 0.857. The summed E-state index contributed by atoms with van der Waals surface area (Å²) in [5, 5.41) is 8.61. The van der Waals surface area contributed by atoms with Crippen LogP contribution in [0, 0.1) is 13.8 Å². The molecular weight excluding hydrogens is 260 g/mol. The van der Waals surface area contributed by atoms with Gasteiger partial charge in [0.1, 0.15) is 5.82 Å². The molecule has 1 N–H and O–H groups in total. The molecule has 0 saturated heterocycles. The van der Waals surface area contributed by atoms with E-state index in [-0.39, 0.29) is 6.04 Å². The standard InChI is InChI=1S/C14H15ClN4/c1-9-8-11(15)5-6-13(9)19-14(17-10(2)18-19)12-4-3-7-16-12/h3-6,8,12,16H,7H2,1-2H3/t12-/m0/s1. The molecule has 1 atom stereocenters. The first kappa shape index (κ1) is 12.4. The van der Waals surface area contributed by atoms with Crippen LogP contribution >= 0.6 is 11.6 Å². The second-order valence-electron chi connectivity index (χ2n) is 4.67. The summed E-state index contributed by atoms with van der Waals surface area (Å²) in [5.74, 6) is 1.68. The molecule has 1 aliphatic rings. The number of aromatic nitrogens is 3. The van der Waals surface area contributed by atoms with Gasteiger partial charge in [0.15, 0.2) is 5.82 Å². The van der Waals surface area contributed by atoms with Gasteiger partial charge in [-0.15, -0.1) is 0 Å². The van der Waals surface area contributed by atoms with Crippen LogP contribution in [0.25, 0.3) is 5.69 Å². The minimum Gasteiger partial charge on any atom is -0.301 e. The Morgan fingerprint density at radius 1 is 1.37 bits per heavy atom. The number of hydrogen-bond donors (Lipinski definition) is 1. The fourth-order valence-electron chi connectivity index (χ4n) is 2.31.